The monoisotopic (exact) mass is 263 g/mol. The third kappa shape index (κ3) is 1.88. The molecule has 0 aromatic carbocycles. The minimum atomic E-state index is 0.199. The number of aryl methyl sites for hydroxylation is 1. The lowest BCUT2D eigenvalue weighted by molar-refractivity contribution is 0.711. The van der Waals surface area contributed by atoms with Crippen LogP contribution in [-0.4, -0.2) is 29.7 Å². The third-order valence-corrected chi connectivity index (χ3v) is 2.78. The van der Waals surface area contributed by atoms with Crippen LogP contribution in [0.5, 0.6) is 0 Å². The molecular formula is C10H10ClN7. The summed E-state index contributed by atoms with van der Waals surface area (Å²) in [6.07, 6.45) is 3.30. The Hall–Kier alpha value is -2.15. The van der Waals surface area contributed by atoms with Crippen molar-refractivity contribution >= 4 is 28.5 Å². The summed E-state index contributed by atoms with van der Waals surface area (Å²) in [5.41, 5.74) is 0.704. The Morgan fingerprint density at radius 2 is 2.33 bits per heavy atom. The number of hydrogen-bond acceptors (Lipinski definition) is 5. The van der Waals surface area contributed by atoms with Crippen LogP contribution in [0.2, 0.25) is 5.28 Å². The lowest BCUT2D eigenvalue weighted by Gasteiger charge is -2.06. The van der Waals surface area contributed by atoms with Crippen molar-refractivity contribution in [1.82, 2.24) is 29.7 Å². The van der Waals surface area contributed by atoms with E-state index in [1.807, 2.05) is 13.1 Å². The third-order valence-electron chi connectivity index (χ3n) is 2.61. The molecule has 0 bridgehead atoms. The second-order valence-corrected chi connectivity index (χ2v) is 4.07. The Labute approximate surface area is 107 Å². The first-order chi connectivity index (χ1) is 8.74. The number of nitrogens with one attached hydrogen (secondary N) is 2. The Bertz CT molecular complexity index is 686. The summed E-state index contributed by atoms with van der Waals surface area (Å²) in [6, 6.07) is 1.89. The van der Waals surface area contributed by atoms with Gasteiger partial charge in [-0.15, -0.1) is 0 Å². The summed E-state index contributed by atoms with van der Waals surface area (Å²) in [6.45, 7) is 0.518. The Morgan fingerprint density at radius 3 is 3.11 bits per heavy atom. The number of H-pyrrole nitrogens is 1. The van der Waals surface area contributed by atoms with Crippen LogP contribution in [0.4, 0.5) is 5.82 Å². The van der Waals surface area contributed by atoms with Gasteiger partial charge in [0.05, 0.1) is 11.9 Å². The maximum absolute atomic E-state index is 5.86. The highest BCUT2D eigenvalue weighted by Crippen LogP contribution is 2.21. The summed E-state index contributed by atoms with van der Waals surface area (Å²) in [5, 5.41) is 8.27. The van der Waals surface area contributed by atoms with Crippen LogP contribution in [0.1, 0.15) is 5.82 Å². The number of aromatic nitrogens is 6. The molecule has 0 radical (unpaired) electrons. The summed E-state index contributed by atoms with van der Waals surface area (Å²) in [5.74, 6) is 1.49. The number of anilines is 1. The molecular weight excluding hydrogens is 254 g/mol. The van der Waals surface area contributed by atoms with Crippen LogP contribution >= 0.6 is 11.6 Å². The topological polar surface area (TPSA) is 84.3 Å². The fourth-order valence-electron chi connectivity index (χ4n) is 1.69. The van der Waals surface area contributed by atoms with E-state index < -0.39 is 0 Å². The molecule has 3 heterocycles. The predicted octanol–water partition coefficient (Wildman–Crippen LogP) is 1.35. The molecule has 3 aromatic rings. The standard InChI is InChI=1S/C10H10ClN7/c1-18-7(14-5-15-18)4-13-9-6-2-3-12-8(6)16-10(11)17-9/h2-3,5H,4H2,1H3,(H2,12,13,16,17). The molecule has 3 aromatic heterocycles. The number of halogens is 1. The fraction of sp³-hybridized carbons (Fsp3) is 0.200. The van der Waals surface area contributed by atoms with Crippen LogP contribution in [0.25, 0.3) is 11.0 Å². The molecule has 0 unspecified atom stereocenters. The largest absolute Gasteiger partial charge is 0.362 e. The van der Waals surface area contributed by atoms with E-state index in [4.69, 9.17) is 11.6 Å². The molecule has 0 amide bonds. The number of aromatic amines is 1. The highest BCUT2D eigenvalue weighted by atomic mass is 35.5. The molecule has 18 heavy (non-hydrogen) atoms. The number of hydrogen-bond donors (Lipinski definition) is 2. The second kappa shape index (κ2) is 4.26. The first-order valence-corrected chi connectivity index (χ1v) is 5.69. The number of fused-ring (bicyclic) bond motifs is 1. The molecule has 0 saturated carbocycles. The highest BCUT2D eigenvalue weighted by Gasteiger charge is 2.08. The van der Waals surface area contributed by atoms with Crippen molar-refractivity contribution in [2.45, 2.75) is 6.54 Å². The van der Waals surface area contributed by atoms with E-state index >= 15 is 0 Å². The van der Waals surface area contributed by atoms with Gasteiger partial charge in [0.25, 0.3) is 0 Å². The van der Waals surface area contributed by atoms with E-state index in [9.17, 15) is 0 Å². The van der Waals surface area contributed by atoms with Gasteiger partial charge in [0, 0.05) is 13.2 Å². The summed E-state index contributed by atoms with van der Waals surface area (Å²) >= 11 is 5.86. The Balaban J connectivity index is 1.90. The normalized spacial score (nSPS) is 11.0. The van der Waals surface area contributed by atoms with Crippen LogP contribution in [0.3, 0.4) is 0 Å². The molecule has 92 valence electrons. The fourth-order valence-corrected chi connectivity index (χ4v) is 1.86. The average Bonchev–Trinajstić information content (AvgIpc) is 2.94. The van der Waals surface area contributed by atoms with Crippen LogP contribution in [0.15, 0.2) is 18.6 Å². The quantitative estimate of drug-likeness (QED) is 0.697. The molecule has 0 aliphatic heterocycles. The molecule has 0 aliphatic carbocycles. The van der Waals surface area contributed by atoms with Gasteiger partial charge in [-0.25, -0.2) is 9.97 Å². The zero-order chi connectivity index (χ0) is 12.5. The maximum Gasteiger partial charge on any atom is 0.226 e. The van der Waals surface area contributed by atoms with E-state index in [0.29, 0.717) is 18.0 Å². The molecule has 0 aliphatic rings. The summed E-state index contributed by atoms with van der Waals surface area (Å²) < 4.78 is 1.70. The van der Waals surface area contributed by atoms with E-state index in [2.05, 4.69) is 30.4 Å². The van der Waals surface area contributed by atoms with E-state index in [1.54, 1.807) is 10.9 Å². The lowest BCUT2D eigenvalue weighted by atomic mass is 10.4. The summed E-state index contributed by atoms with van der Waals surface area (Å²) in [7, 11) is 1.84. The molecule has 0 fully saturated rings. The van der Waals surface area contributed by atoms with Gasteiger partial charge in [-0.3, -0.25) is 4.68 Å². The van der Waals surface area contributed by atoms with Crippen molar-refractivity contribution in [1.29, 1.82) is 0 Å². The van der Waals surface area contributed by atoms with Crippen molar-refractivity contribution < 1.29 is 0 Å². The van der Waals surface area contributed by atoms with Gasteiger partial charge in [-0.05, 0) is 17.7 Å². The van der Waals surface area contributed by atoms with Gasteiger partial charge in [-0.2, -0.15) is 10.1 Å². The summed E-state index contributed by atoms with van der Waals surface area (Å²) in [4.78, 5) is 15.4. The average molecular weight is 264 g/mol. The maximum atomic E-state index is 5.86. The smallest absolute Gasteiger partial charge is 0.226 e. The predicted molar refractivity (Wildman–Crippen MR) is 67.2 cm³/mol. The number of nitrogens with zero attached hydrogens (tertiary/aromatic N) is 5. The van der Waals surface area contributed by atoms with Crippen LogP contribution in [0, 0.1) is 0 Å². The van der Waals surface area contributed by atoms with Crippen molar-refractivity contribution in [3.8, 4) is 0 Å². The van der Waals surface area contributed by atoms with E-state index in [0.717, 1.165) is 11.2 Å². The van der Waals surface area contributed by atoms with Crippen molar-refractivity contribution in [3.05, 3.63) is 29.7 Å². The zero-order valence-electron chi connectivity index (χ0n) is 9.55. The molecule has 2 N–H and O–H groups in total. The minimum absolute atomic E-state index is 0.199. The first-order valence-electron chi connectivity index (χ1n) is 5.31. The molecule has 8 heteroatoms. The highest BCUT2D eigenvalue weighted by molar-refractivity contribution is 6.28. The lowest BCUT2D eigenvalue weighted by Crippen LogP contribution is -2.08. The molecule has 0 spiro atoms. The van der Waals surface area contributed by atoms with Crippen molar-refractivity contribution in [3.63, 3.8) is 0 Å². The van der Waals surface area contributed by atoms with Gasteiger partial charge >= 0.3 is 0 Å². The van der Waals surface area contributed by atoms with Crippen molar-refractivity contribution in [2.75, 3.05) is 5.32 Å². The van der Waals surface area contributed by atoms with Gasteiger partial charge in [-0.1, -0.05) is 0 Å². The molecule has 0 saturated heterocycles. The van der Waals surface area contributed by atoms with Gasteiger partial charge in [0.1, 0.15) is 23.6 Å². The van der Waals surface area contributed by atoms with Crippen molar-refractivity contribution in [2.24, 2.45) is 7.05 Å². The van der Waals surface area contributed by atoms with E-state index in [-0.39, 0.29) is 5.28 Å². The second-order valence-electron chi connectivity index (χ2n) is 3.73. The minimum Gasteiger partial charge on any atom is -0.362 e. The van der Waals surface area contributed by atoms with Crippen LogP contribution in [-0.2, 0) is 13.6 Å². The SMILES string of the molecule is Cn1ncnc1CNc1nc(Cl)nc2[nH]ccc12. The van der Waals surface area contributed by atoms with E-state index in [1.165, 1.54) is 6.33 Å². The number of rotatable bonds is 3. The Kier molecular flexibility index (Phi) is 2.60. The van der Waals surface area contributed by atoms with Gasteiger partial charge in [0.2, 0.25) is 5.28 Å². The zero-order valence-corrected chi connectivity index (χ0v) is 10.3. The molecule has 3 rings (SSSR count). The van der Waals surface area contributed by atoms with Crippen LogP contribution < -0.4 is 5.32 Å². The first kappa shape index (κ1) is 11.0. The molecule has 7 nitrogen and oxygen atoms in total. The Morgan fingerprint density at radius 1 is 1.44 bits per heavy atom. The van der Waals surface area contributed by atoms with Gasteiger partial charge in [0.15, 0.2) is 0 Å². The van der Waals surface area contributed by atoms with Gasteiger partial charge < -0.3 is 10.3 Å². The molecule has 0 atom stereocenters.